The molecular weight excluding hydrogens is 198 g/mol. The molecule has 3 nitrogen and oxygen atoms in total. The Balaban J connectivity index is 2.67. The summed E-state index contributed by atoms with van der Waals surface area (Å²) in [5, 5.41) is 9.13. The van der Waals surface area contributed by atoms with Gasteiger partial charge in [0.05, 0.1) is 11.3 Å². The molecule has 0 aliphatic rings. The van der Waals surface area contributed by atoms with Gasteiger partial charge >= 0.3 is 0 Å². The summed E-state index contributed by atoms with van der Waals surface area (Å²) in [6.45, 7) is 3.68. The minimum Gasteiger partial charge on any atom is -0.264 e. The standard InChI is InChI=1S/C13H9N3/c1-2-10-5-7-16-13(12(10)8-14)11-4-3-6-15-9-11/h2-7,9H,1H2. The van der Waals surface area contributed by atoms with E-state index in [0.717, 1.165) is 11.1 Å². The van der Waals surface area contributed by atoms with E-state index in [1.165, 1.54) is 0 Å². The topological polar surface area (TPSA) is 49.6 Å². The second-order valence-electron chi connectivity index (χ2n) is 3.18. The molecule has 2 aromatic heterocycles. The lowest BCUT2D eigenvalue weighted by atomic mass is 10.0. The molecule has 0 saturated carbocycles. The van der Waals surface area contributed by atoms with Crippen molar-refractivity contribution in [2.45, 2.75) is 0 Å². The predicted octanol–water partition coefficient (Wildman–Crippen LogP) is 2.66. The summed E-state index contributed by atoms with van der Waals surface area (Å²) in [5.74, 6) is 0. The Morgan fingerprint density at radius 1 is 1.31 bits per heavy atom. The zero-order chi connectivity index (χ0) is 11.4. The molecule has 0 atom stereocenters. The first-order valence-electron chi connectivity index (χ1n) is 4.78. The molecule has 0 radical (unpaired) electrons. The van der Waals surface area contributed by atoms with Crippen molar-refractivity contribution < 1.29 is 0 Å². The largest absolute Gasteiger partial charge is 0.264 e. The molecule has 2 heterocycles. The van der Waals surface area contributed by atoms with Crippen LogP contribution in [-0.4, -0.2) is 9.97 Å². The van der Waals surface area contributed by atoms with E-state index in [2.05, 4.69) is 22.6 Å². The number of aromatic nitrogens is 2. The summed E-state index contributed by atoms with van der Waals surface area (Å²) in [5.41, 5.74) is 2.80. The third-order valence-corrected chi connectivity index (χ3v) is 2.25. The van der Waals surface area contributed by atoms with E-state index in [1.54, 1.807) is 30.7 Å². The van der Waals surface area contributed by atoms with Crippen LogP contribution in [0.1, 0.15) is 11.1 Å². The molecule has 0 amide bonds. The number of hydrogen-bond acceptors (Lipinski definition) is 3. The van der Waals surface area contributed by atoms with E-state index < -0.39 is 0 Å². The number of nitriles is 1. The van der Waals surface area contributed by atoms with Gasteiger partial charge in [-0.25, -0.2) is 0 Å². The van der Waals surface area contributed by atoms with Gasteiger partial charge in [-0.05, 0) is 23.8 Å². The highest BCUT2D eigenvalue weighted by atomic mass is 14.7. The molecule has 0 aromatic carbocycles. The van der Waals surface area contributed by atoms with E-state index in [9.17, 15) is 0 Å². The van der Waals surface area contributed by atoms with Gasteiger partial charge in [0.1, 0.15) is 6.07 Å². The van der Waals surface area contributed by atoms with Crippen molar-refractivity contribution in [1.29, 1.82) is 5.26 Å². The summed E-state index contributed by atoms with van der Waals surface area (Å²) in [7, 11) is 0. The highest BCUT2D eigenvalue weighted by molar-refractivity contribution is 5.71. The first-order chi connectivity index (χ1) is 7.86. The summed E-state index contributed by atoms with van der Waals surface area (Å²) in [4.78, 5) is 8.23. The maximum Gasteiger partial charge on any atom is 0.102 e. The van der Waals surface area contributed by atoms with Crippen LogP contribution in [0, 0.1) is 11.3 Å². The van der Waals surface area contributed by atoms with E-state index in [0.29, 0.717) is 11.3 Å². The Morgan fingerprint density at radius 2 is 2.19 bits per heavy atom. The number of nitrogens with zero attached hydrogens (tertiary/aromatic N) is 3. The fraction of sp³-hybridized carbons (Fsp3) is 0. The summed E-state index contributed by atoms with van der Waals surface area (Å²) in [6, 6.07) is 7.62. The minimum atomic E-state index is 0.533. The normalized spacial score (nSPS) is 9.44. The molecule has 0 bridgehead atoms. The molecule has 0 aliphatic carbocycles. The van der Waals surface area contributed by atoms with Crippen LogP contribution in [0.4, 0.5) is 0 Å². The quantitative estimate of drug-likeness (QED) is 0.760. The molecule has 0 spiro atoms. The zero-order valence-electron chi connectivity index (χ0n) is 8.59. The lowest BCUT2D eigenvalue weighted by molar-refractivity contribution is 1.26. The zero-order valence-corrected chi connectivity index (χ0v) is 8.59. The molecule has 76 valence electrons. The molecule has 0 fully saturated rings. The van der Waals surface area contributed by atoms with Gasteiger partial charge in [0.25, 0.3) is 0 Å². The van der Waals surface area contributed by atoms with Crippen molar-refractivity contribution in [2.75, 3.05) is 0 Å². The highest BCUT2D eigenvalue weighted by Crippen LogP contribution is 2.22. The van der Waals surface area contributed by atoms with Gasteiger partial charge in [0, 0.05) is 24.2 Å². The van der Waals surface area contributed by atoms with Crippen molar-refractivity contribution >= 4 is 6.08 Å². The third kappa shape index (κ3) is 1.69. The van der Waals surface area contributed by atoms with Crippen LogP contribution in [0.25, 0.3) is 17.3 Å². The van der Waals surface area contributed by atoms with Crippen LogP contribution in [-0.2, 0) is 0 Å². The van der Waals surface area contributed by atoms with Crippen LogP contribution < -0.4 is 0 Å². The molecule has 0 unspecified atom stereocenters. The molecular formula is C13H9N3. The molecule has 2 rings (SSSR count). The molecule has 0 saturated heterocycles. The second kappa shape index (κ2) is 4.37. The van der Waals surface area contributed by atoms with Crippen molar-refractivity contribution in [2.24, 2.45) is 0 Å². The van der Waals surface area contributed by atoms with Gasteiger partial charge in [-0.15, -0.1) is 0 Å². The monoisotopic (exact) mass is 207 g/mol. The molecule has 16 heavy (non-hydrogen) atoms. The first kappa shape index (κ1) is 10.1. The van der Waals surface area contributed by atoms with Gasteiger partial charge in [0.15, 0.2) is 0 Å². The fourth-order valence-corrected chi connectivity index (χ4v) is 1.49. The van der Waals surface area contributed by atoms with Crippen LogP contribution >= 0.6 is 0 Å². The van der Waals surface area contributed by atoms with E-state index >= 15 is 0 Å². The van der Waals surface area contributed by atoms with E-state index in [-0.39, 0.29) is 0 Å². The highest BCUT2D eigenvalue weighted by Gasteiger charge is 2.09. The van der Waals surface area contributed by atoms with Gasteiger partial charge in [0.2, 0.25) is 0 Å². The van der Waals surface area contributed by atoms with Gasteiger partial charge in [-0.3, -0.25) is 9.97 Å². The average molecular weight is 207 g/mol. The maximum atomic E-state index is 9.13. The summed E-state index contributed by atoms with van der Waals surface area (Å²) < 4.78 is 0. The van der Waals surface area contributed by atoms with Crippen molar-refractivity contribution in [3.63, 3.8) is 0 Å². The molecule has 2 aromatic rings. The number of hydrogen-bond donors (Lipinski definition) is 0. The Morgan fingerprint density at radius 3 is 2.81 bits per heavy atom. The lowest BCUT2D eigenvalue weighted by Gasteiger charge is -2.04. The smallest absolute Gasteiger partial charge is 0.102 e. The molecule has 3 heteroatoms. The Kier molecular flexibility index (Phi) is 2.75. The minimum absolute atomic E-state index is 0.533. The van der Waals surface area contributed by atoms with Gasteiger partial charge < -0.3 is 0 Å². The predicted molar refractivity (Wildman–Crippen MR) is 62.3 cm³/mol. The van der Waals surface area contributed by atoms with E-state index in [1.807, 2.05) is 12.1 Å². The van der Waals surface area contributed by atoms with Crippen molar-refractivity contribution in [1.82, 2.24) is 9.97 Å². The van der Waals surface area contributed by atoms with Crippen LogP contribution in [0.15, 0.2) is 43.4 Å². The Hall–Kier alpha value is -2.47. The average Bonchev–Trinajstić information content (AvgIpc) is 2.38. The summed E-state index contributed by atoms with van der Waals surface area (Å²) >= 11 is 0. The fourth-order valence-electron chi connectivity index (χ4n) is 1.49. The first-order valence-corrected chi connectivity index (χ1v) is 4.78. The molecule has 0 N–H and O–H groups in total. The van der Waals surface area contributed by atoms with Crippen LogP contribution in [0.2, 0.25) is 0 Å². The van der Waals surface area contributed by atoms with Gasteiger partial charge in [-0.2, -0.15) is 5.26 Å². The lowest BCUT2D eigenvalue weighted by Crippen LogP contribution is -1.92. The Bertz CT molecular complexity index is 553. The third-order valence-electron chi connectivity index (χ3n) is 2.25. The summed E-state index contributed by atoms with van der Waals surface area (Å²) in [6.07, 6.45) is 6.70. The second-order valence-corrected chi connectivity index (χ2v) is 3.18. The van der Waals surface area contributed by atoms with Gasteiger partial charge in [-0.1, -0.05) is 12.7 Å². The maximum absolute atomic E-state index is 9.13. The van der Waals surface area contributed by atoms with Crippen LogP contribution in [0.5, 0.6) is 0 Å². The molecule has 0 aliphatic heterocycles. The number of rotatable bonds is 2. The van der Waals surface area contributed by atoms with Crippen molar-refractivity contribution in [3.05, 3.63) is 54.5 Å². The Labute approximate surface area is 93.7 Å². The number of pyridine rings is 2. The van der Waals surface area contributed by atoms with E-state index in [4.69, 9.17) is 5.26 Å². The SMILES string of the molecule is C=Cc1ccnc(-c2cccnc2)c1C#N. The van der Waals surface area contributed by atoms with Crippen molar-refractivity contribution in [3.8, 4) is 17.3 Å². The van der Waals surface area contributed by atoms with Crippen LogP contribution in [0.3, 0.4) is 0 Å².